The number of hydrogen-bond donors (Lipinski definition) is 2. The van der Waals surface area contributed by atoms with Crippen molar-refractivity contribution >= 4 is 17.7 Å². The molecule has 1 fully saturated rings. The van der Waals surface area contributed by atoms with Crippen LogP contribution in [-0.2, 0) is 4.79 Å². The van der Waals surface area contributed by atoms with E-state index in [9.17, 15) is 4.79 Å². The Kier molecular flexibility index (Phi) is 6.21. The summed E-state index contributed by atoms with van der Waals surface area (Å²) in [6, 6.07) is 0.164. The molecule has 0 spiro atoms. The van der Waals surface area contributed by atoms with Gasteiger partial charge >= 0.3 is 0 Å². The number of carbonyl (C=O) groups is 1. The molecule has 1 aliphatic rings. The maximum absolute atomic E-state index is 11.7. The Morgan fingerprint density at radius 1 is 1.56 bits per heavy atom. The van der Waals surface area contributed by atoms with Crippen LogP contribution in [-0.4, -0.2) is 29.5 Å². The number of unbranched alkanes of at least 4 members (excludes halogenated alkanes) is 1. The first-order valence-electron chi connectivity index (χ1n) is 6.30. The standard InChI is InChI=1S/C12H24N2OS/c1-3-4-7-16-9(2)12(15)14-8-11(13)10-5-6-10/h9-11H,3-8,13H2,1-2H3,(H,14,15). The van der Waals surface area contributed by atoms with Crippen LogP contribution in [0.25, 0.3) is 0 Å². The number of rotatable bonds is 8. The SMILES string of the molecule is CCCCSC(C)C(=O)NCC(N)C1CC1. The molecule has 0 aromatic heterocycles. The number of nitrogens with two attached hydrogens (primary N) is 1. The van der Waals surface area contributed by atoms with E-state index < -0.39 is 0 Å². The smallest absolute Gasteiger partial charge is 0.232 e. The van der Waals surface area contributed by atoms with Gasteiger partial charge in [0.2, 0.25) is 5.91 Å². The van der Waals surface area contributed by atoms with Gasteiger partial charge in [-0.15, -0.1) is 11.8 Å². The first kappa shape index (κ1) is 13.8. The van der Waals surface area contributed by atoms with Gasteiger partial charge in [0.25, 0.3) is 0 Å². The monoisotopic (exact) mass is 244 g/mol. The number of carbonyl (C=O) groups excluding carboxylic acids is 1. The predicted octanol–water partition coefficient (Wildman–Crippen LogP) is 1.76. The van der Waals surface area contributed by atoms with Crippen LogP contribution in [0.1, 0.15) is 39.5 Å². The van der Waals surface area contributed by atoms with Crippen LogP contribution in [0.4, 0.5) is 0 Å². The Bertz CT molecular complexity index is 219. The fraction of sp³-hybridized carbons (Fsp3) is 0.917. The van der Waals surface area contributed by atoms with Gasteiger partial charge in [0, 0.05) is 12.6 Å². The van der Waals surface area contributed by atoms with E-state index >= 15 is 0 Å². The zero-order valence-electron chi connectivity index (χ0n) is 10.4. The number of nitrogens with one attached hydrogen (secondary N) is 1. The first-order valence-corrected chi connectivity index (χ1v) is 7.35. The maximum Gasteiger partial charge on any atom is 0.232 e. The maximum atomic E-state index is 11.7. The van der Waals surface area contributed by atoms with Gasteiger partial charge in [-0.05, 0) is 37.9 Å². The van der Waals surface area contributed by atoms with Crippen molar-refractivity contribution in [3.8, 4) is 0 Å². The fourth-order valence-electron chi connectivity index (χ4n) is 1.53. The van der Waals surface area contributed by atoms with E-state index in [2.05, 4.69) is 12.2 Å². The minimum absolute atomic E-state index is 0.0537. The molecule has 0 aliphatic heterocycles. The van der Waals surface area contributed by atoms with E-state index in [1.807, 2.05) is 6.92 Å². The van der Waals surface area contributed by atoms with Crippen LogP contribution in [0, 0.1) is 5.92 Å². The lowest BCUT2D eigenvalue weighted by Gasteiger charge is -2.15. The lowest BCUT2D eigenvalue weighted by atomic mass is 10.2. The average Bonchev–Trinajstić information content (AvgIpc) is 3.09. The van der Waals surface area contributed by atoms with Crippen LogP contribution in [0.5, 0.6) is 0 Å². The van der Waals surface area contributed by atoms with E-state index in [1.165, 1.54) is 25.7 Å². The molecule has 1 saturated carbocycles. The van der Waals surface area contributed by atoms with Gasteiger partial charge in [0.1, 0.15) is 0 Å². The number of hydrogen-bond acceptors (Lipinski definition) is 3. The van der Waals surface area contributed by atoms with E-state index in [0.29, 0.717) is 12.5 Å². The molecule has 1 amide bonds. The Labute approximate surface area is 103 Å². The van der Waals surface area contributed by atoms with Gasteiger partial charge in [0.05, 0.1) is 5.25 Å². The normalized spacial score (nSPS) is 19.2. The highest BCUT2D eigenvalue weighted by atomic mass is 32.2. The summed E-state index contributed by atoms with van der Waals surface area (Å²) in [6.45, 7) is 4.78. The summed E-state index contributed by atoms with van der Waals surface area (Å²) in [4.78, 5) is 11.7. The van der Waals surface area contributed by atoms with Crippen LogP contribution in [0.2, 0.25) is 0 Å². The second-order valence-corrected chi connectivity index (χ2v) is 6.06. The topological polar surface area (TPSA) is 55.1 Å². The van der Waals surface area contributed by atoms with Gasteiger partial charge in [-0.2, -0.15) is 0 Å². The molecule has 0 radical (unpaired) electrons. The van der Waals surface area contributed by atoms with Gasteiger partial charge in [0.15, 0.2) is 0 Å². The third-order valence-corrected chi connectivity index (χ3v) is 4.21. The molecule has 2 atom stereocenters. The Hall–Kier alpha value is -0.220. The van der Waals surface area contributed by atoms with Gasteiger partial charge in [-0.1, -0.05) is 13.3 Å². The molecule has 0 heterocycles. The van der Waals surface area contributed by atoms with Crippen molar-refractivity contribution in [1.29, 1.82) is 0 Å². The molecule has 1 rings (SSSR count). The largest absolute Gasteiger partial charge is 0.354 e. The summed E-state index contributed by atoms with van der Waals surface area (Å²) < 4.78 is 0. The number of thioether (sulfide) groups is 1. The quantitative estimate of drug-likeness (QED) is 0.640. The van der Waals surface area contributed by atoms with E-state index in [-0.39, 0.29) is 17.2 Å². The van der Waals surface area contributed by atoms with Crippen molar-refractivity contribution in [2.45, 2.75) is 50.8 Å². The molecule has 2 unspecified atom stereocenters. The zero-order valence-corrected chi connectivity index (χ0v) is 11.2. The minimum atomic E-state index is 0.0537. The lowest BCUT2D eigenvalue weighted by molar-refractivity contribution is -0.120. The first-order chi connectivity index (χ1) is 7.65. The molecule has 1 aliphatic carbocycles. The van der Waals surface area contributed by atoms with Gasteiger partial charge < -0.3 is 11.1 Å². The molecule has 0 saturated heterocycles. The van der Waals surface area contributed by atoms with Crippen molar-refractivity contribution < 1.29 is 4.79 Å². The molecular weight excluding hydrogens is 220 g/mol. The van der Waals surface area contributed by atoms with Crippen molar-refractivity contribution in [1.82, 2.24) is 5.32 Å². The third-order valence-electron chi connectivity index (χ3n) is 2.97. The van der Waals surface area contributed by atoms with Crippen molar-refractivity contribution in [2.75, 3.05) is 12.3 Å². The van der Waals surface area contributed by atoms with Gasteiger partial charge in [-0.3, -0.25) is 4.79 Å². The molecule has 3 N–H and O–H groups in total. The van der Waals surface area contributed by atoms with E-state index in [1.54, 1.807) is 11.8 Å². The molecule has 4 heteroatoms. The Morgan fingerprint density at radius 2 is 2.25 bits per heavy atom. The van der Waals surface area contributed by atoms with Crippen LogP contribution < -0.4 is 11.1 Å². The zero-order chi connectivity index (χ0) is 12.0. The summed E-state index contributed by atoms with van der Waals surface area (Å²) in [5.41, 5.74) is 5.93. The van der Waals surface area contributed by atoms with Gasteiger partial charge in [-0.25, -0.2) is 0 Å². The summed E-state index contributed by atoms with van der Waals surface area (Å²) in [5.74, 6) is 1.86. The molecule has 0 aromatic rings. The highest BCUT2D eigenvalue weighted by molar-refractivity contribution is 8.00. The molecule has 3 nitrogen and oxygen atoms in total. The molecule has 16 heavy (non-hydrogen) atoms. The van der Waals surface area contributed by atoms with E-state index in [0.717, 1.165) is 5.75 Å². The summed E-state index contributed by atoms with van der Waals surface area (Å²) in [5, 5.41) is 3.00. The van der Waals surface area contributed by atoms with Crippen molar-refractivity contribution in [2.24, 2.45) is 11.7 Å². The van der Waals surface area contributed by atoms with Crippen LogP contribution in [0.15, 0.2) is 0 Å². The fourth-order valence-corrected chi connectivity index (χ4v) is 2.58. The molecule has 0 aromatic carbocycles. The van der Waals surface area contributed by atoms with Crippen molar-refractivity contribution in [3.05, 3.63) is 0 Å². The Morgan fingerprint density at radius 3 is 2.81 bits per heavy atom. The van der Waals surface area contributed by atoms with Crippen molar-refractivity contribution in [3.63, 3.8) is 0 Å². The average molecular weight is 244 g/mol. The molecule has 94 valence electrons. The highest BCUT2D eigenvalue weighted by Gasteiger charge is 2.28. The van der Waals surface area contributed by atoms with E-state index in [4.69, 9.17) is 5.73 Å². The second-order valence-electron chi connectivity index (χ2n) is 4.61. The second kappa shape index (κ2) is 7.17. The summed E-state index contributed by atoms with van der Waals surface area (Å²) in [7, 11) is 0. The third kappa shape index (κ3) is 5.21. The number of amides is 1. The highest BCUT2D eigenvalue weighted by Crippen LogP contribution is 2.31. The van der Waals surface area contributed by atoms with Crippen LogP contribution >= 0.6 is 11.8 Å². The summed E-state index contributed by atoms with van der Waals surface area (Å²) in [6.07, 6.45) is 4.84. The molecular formula is C12H24N2OS. The minimum Gasteiger partial charge on any atom is -0.354 e. The Balaban J connectivity index is 2.07. The lowest BCUT2D eigenvalue weighted by Crippen LogP contribution is -2.41. The van der Waals surface area contributed by atoms with Crippen LogP contribution in [0.3, 0.4) is 0 Å². The predicted molar refractivity (Wildman–Crippen MR) is 70.5 cm³/mol. The summed E-state index contributed by atoms with van der Waals surface area (Å²) >= 11 is 1.73. The molecule has 0 bridgehead atoms.